The summed E-state index contributed by atoms with van der Waals surface area (Å²) in [5, 5.41) is 9.15. The van der Waals surface area contributed by atoms with Crippen molar-refractivity contribution >= 4 is 40.3 Å². The maximum absolute atomic E-state index is 12.5. The van der Waals surface area contributed by atoms with Gasteiger partial charge in [-0.05, 0) is 53.1 Å². The van der Waals surface area contributed by atoms with Crippen LogP contribution in [0, 0.1) is 3.57 Å². The Morgan fingerprint density at radius 1 is 1.48 bits per heavy atom. The van der Waals surface area contributed by atoms with Gasteiger partial charge in [-0.15, -0.1) is 11.8 Å². The van der Waals surface area contributed by atoms with Crippen molar-refractivity contribution in [1.82, 2.24) is 9.55 Å². The number of hydrogen-bond donors (Lipinski definition) is 1. The summed E-state index contributed by atoms with van der Waals surface area (Å²) in [6.07, 6.45) is 4.43. The van der Waals surface area contributed by atoms with Gasteiger partial charge >= 0.3 is 5.97 Å². The average molecular weight is 442 g/mol. The Morgan fingerprint density at radius 3 is 2.96 bits per heavy atom. The molecule has 1 aliphatic heterocycles. The van der Waals surface area contributed by atoms with Crippen molar-refractivity contribution in [3.05, 3.63) is 49.2 Å². The number of hydrogen-bond acceptors (Lipinski definition) is 4. The van der Waals surface area contributed by atoms with Crippen LogP contribution in [0.5, 0.6) is 0 Å². The smallest absolute Gasteiger partial charge is 0.342 e. The van der Waals surface area contributed by atoms with E-state index in [0.717, 1.165) is 39.6 Å². The van der Waals surface area contributed by atoms with Gasteiger partial charge in [-0.1, -0.05) is 13.3 Å². The van der Waals surface area contributed by atoms with Gasteiger partial charge < -0.3 is 5.11 Å². The third kappa shape index (κ3) is 3.03. The number of carboxylic acids is 1. The molecule has 120 valence electrons. The van der Waals surface area contributed by atoms with Gasteiger partial charge in [0.15, 0.2) is 0 Å². The zero-order valence-corrected chi connectivity index (χ0v) is 15.5. The van der Waals surface area contributed by atoms with E-state index in [0.29, 0.717) is 11.6 Å². The van der Waals surface area contributed by atoms with Crippen molar-refractivity contribution < 1.29 is 9.90 Å². The molecule has 7 heteroatoms. The molecule has 0 bridgehead atoms. The number of halogens is 1. The summed E-state index contributed by atoms with van der Waals surface area (Å²) in [6, 6.07) is 4.09. The summed E-state index contributed by atoms with van der Waals surface area (Å²) in [4.78, 5) is 28.9. The van der Waals surface area contributed by atoms with E-state index in [2.05, 4.69) is 40.6 Å². The van der Waals surface area contributed by atoms with Crippen LogP contribution in [-0.4, -0.2) is 20.6 Å². The predicted octanol–water partition coefficient (Wildman–Crippen LogP) is 3.48. The molecule has 5 nitrogen and oxygen atoms in total. The van der Waals surface area contributed by atoms with Crippen LogP contribution in [0.25, 0.3) is 5.69 Å². The molecule has 0 spiro atoms. The lowest BCUT2D eigenvalue weighted by Gasteiger charge is -2.22. The van der Waals surface area contributed by atoms with E-state index in [-0.39, 0.29) is 5.56 Å². The highest BCUT2D eigenvalue weighted by Gasteiger charge is 2.23. The molecule has 0 saturated heterocycles. The SMILES string of the molecule is CCCCc1cc2c(cc1I)-n1c(ncc(C(=O)O)c1=O)CS2. The van der Waals surface area contributed by atoms with Crippen molar-refractivity contribution in [2.24, 2.45) is 0 Å². The lowest BCUT2D eigenvalue weighted by Crippen LogP contribution is -2.30. The van der Waals surface area contributed by atoms with Crippen LogP contribution in [0.15, 0.2) is 28.0 Å². The molecule has 23 heavy (non-hydrogen) atoms. The molecule has 1 aromatic heterocycles. The first-order chi connectivity index (χ1) is 11.0. The quantitative estimate of drug-likeness (QED) is 0.735. The van der Waals surface area contributed by atoms with Gasteiger partial charge in [-0.3, -0.25) is 9.36 Å². The third-order valence-electron chi connectivity index (χ3n) is 3.79. The zero-order chi connectivity index (χ0) is 16.6. The second kappa shape index (κ2) is 6.64. The minimum Gasteiger partial charge on any atom is -0.477 e. The van der Waals surface area contributed by atoms with Crippen LogP contribution in [0.4, 0.5) is 0 Å². The van der Waals surface area contributed by atoms with Gasteiger partial charge in [0.1, 0.15) is 11.4 Å². The van der Waals surface area contributed by atoms with E-state index < -0.39 is 11.5 Å². The Hall–Kier alpha value is -1.35. The number of aryl methyl sites for hydroxylation is 1. The van der Waals surface area contributed by atoms with Crippen molar-refractivity contribution in [3.63, 3.8) is 0 Å². The lowest BCUT2D eigenvalue weighted by molar-refractivity contribution is 0.0694. The lowest BCUT2D eigenvalue weighted by atomic mass is 10.1. The van der Waals surface area contributed by atoms with Gasteiger partial charge in [0.25, 0.3) is 5.56 Å². The molecule has 3 rings (SSSR count). The van der Waals surface area contributed by atoms with Gasteiger partial charge in [0.05, 0.1) is 11.4 Å². The number of fused-ring (bicyclic) bond motifs is 3. The summed E-state index contributed by atoms with van der Waals surface area (Å²) >= 11 is 3.92. The van der Waals surface area contributed by atoms with E-state index in [4.69, 9.17) is 5.11 Å². The number of carboxylic acid groups (broad SMARTS) is 1. The number of benzene rings is 1. The molecule has 0 aliphatic carbocycles. The van der Waals surface area contributed by atoms with Crippen molar-refractivity contribution in [1.29, 1.82) is 0 Å². The maximum Gasteiger partial charge on any atom is 0.342 e. The van der Waals surface area contributed by atoms with Gasteiger partial charge in [0.2, 0.25) is 0 Å². The Bertz CT molecular complexity index is 848. The molecule has 0 saturated carbocycles. The van der Waals surface area contributed by atoms with E-state index in [9.17, 15) is 9.59 Å². The number of rotatable bonds is 4. The van der Waals surface area contributed by atoms with Crippen LogP contribution < -0.4 is 5.56 Å². The minimum absolute atomic E-state index is 0.295. The number of aromatic carboxylic acids is 1. The first-order valence-electron chi connectivity index (χ1n) is 7.32. The normalized spacial score (nSPS) is 12.6. The molecule has 0 amide bonds. The minimum atomic E-state index is -1.24. The number of thioether (sulfide) groups is 1. The fourth-order valence-electron chi connectivity index (χ4n) is 2.56. The number of nitrogens with zero attached hydrogens (tertiary/aromatic N) is 2. The van der Waals surface area contributed by atoms with Crippen LogP contribution in [-0.2, 0) is 12.2 Å². The van der Waals surface area contributed by atoms with E-state index >= 15 is 0 Å². The summed E-state index contributed by atoms with van der Waals surface area (Å²) in [5.41, 5.74) is 1.21. The zero-order valence-electron chi connectivity index (χ0n) is 12.5. The molecular weight excluding hydrogens is 427 g/mol. The van der Waals surface area contributed by atoms with E-state index in [1.807, 2.05) is 6.07 Å². The maximum atomic E-state index is 12.5. The van der Waals surface area contributed by atoms with Crippen molar-refractivity contribution in [2.45, 2.75) is 36.8 Å². The first-order valence-corrected chi connectivity index (χ1v) is 9.39. The topological polar surface area (TPSA) is 72.2 Å². The van der Waals surface area contributed by atoms with Crippen LogP contribution >= 0.6 is 34.4 Å². The fraction of sp³-hybridized carbons (Fsp3) is 0.312. The average Bonchev–Trinajstić information content (AvgIpc) is 2.52. The monoisotopic (exact) mass is 442 g/mol. The highest BCUT2D eigenvalue weighted by molar-refractivity contribution is 14.1. The Labute approximate surface area is 151 Å². The largest absolute Gasteiger partial charge is 0.477 e. The molecule has 0 atom stereocenters. The molecule has 2 aromatic rings. The molecule has 0 radical (unpaired) electrons. The number of carbonyl (C=O) groups is 1. The van der Waals surface area contributed by atoms with E-state index in [1.165, 1.54) is 10.1 Å². The molecule has 2 heterocycles. The summed E-state index contributed by atoms with van der Waals surface area (Å²) in [7, 11) is 0. The van der Waals surface area contributed by atoms with Gasteiger partial charge in [0, 0.05) is 14.7 Å². The molecule has 1 N–H and O–H groups in total. The number of aromatic nitrogens is 2. The molecule has 0 unspecified atom stereocenters. The molecular formula is C16H15IN2O3S. The second-order valence-electron chi connectivity index (χ2n) is 5.34. The fourth-order valence-corrected chi connectivity index (χ4v) is 4.30. The van der Waals surface area contributed by atoms with Crippen LogP contribution in [0.1, 0.15) is 41.5 Å². The standard InChI is InChI=1S/C16H15IN2O3S/c1-2-3-4-9-5-13-12(6-11(9)17)19-14(8-23-13)18-7-10(15(19)20)16(21)22/h5-7H,2-4,8H2,1H3,(H,21,22). The molecule has 1 aliphatic rings. The Kier molecular flexibility index (Phi) is 4.77. The summed E-state index contributed by atoms with van der Waals surface area (Å²) in [6.45, 7) is 2.16. The Morgan fingerprint density at radius 2 is 2.26 bits per heavy atom. The van der Waals surface area contributed by atoms with Gasteiger partial charge in [-0.25, -0.2) is 9.78 Å². The third-order valence-corrected chi connectivity index (χ3v) is 5.83. The first kappa shape index (κ1) is 16.5. The highest BCUT2D eigenvalue weighted by Crippen LogP contribution is 2.36. The second-order valence-corrected chi connectivity index (χ2v) is 7.52. The van der Waals surface area contributed by atoms with E-state index in [1.54, 1.807) is 11.8 Å². The van der Waals surface area contributed by atoms with Crippen molar-refractivity contribution in [2.75, 3.05) is 0 Å². The summed E-state index contributed by atoms with van der Waals surface area (Å²) in [5.74, 6) is -0.0860. The number of unbranched alkanes of at least 4 members (excludes halogenated alkanes) is 1. The van der Waals surface area contributed by atoms with Crippen LogP contribution in [0.3, 0.4) is 0 Å². The highest BCUT2D eigenvalue weighted by atomic mass is 127. The van der Waals surface area contributed by atoms with Crippen LogP contribution in [0.2, 0.25) is 0 Å². The van der Waals surface area contributed by atoms with Crippen molar-refractivity contribution in [3.8, 4) is 5.69 Å². The summed E-state index contributed by atoms with van der Waals surface area (Å²) < 4.78 is 2.54. The molecule has 1 aromatic carbocycles. The Balaban J connectivity index is 2.17. The predicted molar refractivity (Wildman–Crippen MR) is 97.7 cm³/mol. The molecule has 0 fully saturated rings. The van der Waals surface area contributed by atoms with Gasteiger partial charge in [-0.2, -0.15) is 0 Å².